The molecule has 206 valence electrons. The summed E-state index contributed by atoms with van der Waals surface area (Å²) in [4.78, 5) is 67.1. The predicted molar refractivity (Wildman–Crippen MR) is 132 cm³/mol. The number of nitrogens with zero attached hydrogens (tertiary/aromatic N) is 1. The first kappa shape index (κ1) is 27.8. The van der Waals surface area contributed by atoms with Gasteiger partial charge in [-0.2, -0.15) is 0 Å². The molecule has 11 nitrogen and oxygen atoms in total. The average molecular weight is 533 g/mol. The molecule has 1 amide bonds. The van der Waals surface area contributed by atoms with Crippen molar-refractivity contribution in [1.82, 2.24) is 10.2 Å². The van der Waals surface area contributed by atoms with Crippen LogP contribution in [0.1, 0.15) is 41.8 Å². The molecule has 12 heteroatoms. The van der Waals surface area contributed by atoms with Crippen LogP contribution in [0, 0.1) is 35.4 Å². The number of anilines is 1. The van der Waals surface area contributed by atoms with Gasteiger partial charge in [-0.1, -0.05) is 13.8 Å². The molecule has 7 N–H and O–H groups in total. The second-order valence-electron chi connectivity index (χ2n) is 11.2. The predicted octanol–water partition coefficient (Wildman–Crippen LogP) is -0.666. The summed E-state index contributed by atoms with van der Waals surface area (Å²) in [7, 11) is 2.98. The third-order valence-corrected chi connectivity index (χ3v) is 8.16. The highest BCUT2D eigenvalue weighted by Crippen LogP contribution is 2.52. The van der Waals surface area contributed by atoms with Gasteiger partial charge in [-0.25, -0.2) is 4.39 Å². The quantitative estimate of drug-likeness (QED) is 0.178. The number of rotatable bonds is 6. The molecule has 1 aromatic rings. The van der Waals surface area contributed by atoms with Crippen LogP contribution < -0.4 is 16.8 Å². The van der Waals surface area contributed by atoms with Gasteiger partial charge in [0, 0.05) is 23.6 Å². The van der Waals surface area contributed by atoms with Crippen molar-refractivity contribution in [1.29, 1.82) is 0 Å². The first-order chi connectivity index (χ1) is 17.7. The molecule has 0 heterocycles. The zero-order valence-corrected chi connectivity index (χ0v) is 21.7. The summed E-state index contributed by atoms with van der Waals surface area (Å²) in [6.07, 6.45) is -0.321. The fourth-order valence-electron chi connectivity index (χ4n) is 6.43. The van der Waals surface area contributed by atoms with Crippen LogP contribution in [-0.4, -0.2) is 76.4 Å². The van der Waals surface area contributed by atoms with Crippen LogP contribution in [0.2, 0.25) is 0 Å². The highest BCUT2D eigenvalue weighted by molar-refractivity contribution is 6.32. The number of halogens is 1. The number of nitrogens with two attached hydrogens (primary N) is 2. The van der Waals surface area contributed by atoms with E-state index >= 15 is 4.39 Å². The number of phenols is 1. The number of carbonyl (C=O) groups excluding carboxylic acids is 5. The number of carbonyl (C=O) groups is 5. The highest BCUT2D eigenvalue weighted by atomic mass is 19.1. The Labute approximate surface area is 218 Å². The summed E-state index contributed by atoms with van der Waals surface area (Å²) in [6.45, 7) is 4.48. The van der Waals surface area contributed by atoms with Gasteiger partial charge in [-0.15, -0.1) is 0 Å². The minimum absolute atomic E-state index is 0.000488. The number of likely N-dealkylation sites (N-methyl/N-ethyl adjacent to an activating group) is 1. The molecule has 0 radical (unpaired) electrons. The number of ketones is 4. The first-order valence-corrected chi connectivity index (χ1v) is 12.5. The molecule has 1 aromatic carbocycles. The highest BCUT2D eigenvalue weighted by Gasteiger charge is 2.69. The lowest BCUT2D eigenvalue weighted by Crippen LogP contribution is -2.74. The number of fused-ring (bicyclic) bond motifs is 3. The summed E-state index contributed by atoms with van der Waals surface area (Å²) >= 11 is 0. The lowest BCUT2D eigenvalue weighted by atomic mass is 9.52. The monoisotopic (exact) mass is 532 g/mol. The second-order valence-corrected chi connectivity index (χ2v) is 11.2. The number of primary amides is 1. The van der Waals surface area contributed by atoms with Crippen molar-refractivity contribution in [3.05, 3.63) is 22.5 Å². The van der Waals surface area contributed by atoms with E-state index in [1.165, 1.54) is 19.0 Å². The first-order valence-electron chi connectivity index (χ1n) is 12.5. The van der Waals surface area contributed by atoms with Crippen molar-refractivity contribution in [2.75, 3.05) is 26.4 Å². The molecule has 0 spiro atoms. The molecule has 6 unspecified atom stereocenters. The van der Waals surface area contributed by atoms with Crippen LogP contribution in [0.25, 0.3) is 0 Å². The van der Waals surface area contributed by atoms with Gasteiger partial charge in [0.25, 0.3) is 0 Å². The standard InChI is InChI=1S/C26H33FN4O7/c1-9(2)7-30-8-12-17(27)11-5-10-6-13-19(31(3)4)22(34)16(25(29)37)24(36)26(13,38)23(35)14(10)20(32)15(11)21(33)18(12)28/h9-10,13-14,16,19,30,33,38H,5-8,28H2,1-4H3,(H2,29,37). The van der Waals surface area contributed by atoms with E-state index in [4.69, 9.17) is 11.5 Å². The number of nitrogen functional groups attached to an aromatic ring is 1. The molecule has 2 fully saturated rings. The minimum atomic E-state index is -2.84. The van der Waals surface area contributed by atoms with Crippen molar-refractivity contribution in [2.24, 2.45) is 35.3 Å². The average Bonchev–Trinajstić information content (AvgIpc) is 2.81. The Morgan fingerprint density at radius 2 is 1.84 bits per heavy atom. The van der Waals surface area contributed by atoms with Crippen molar-refractivity contribution < 1.29 is 38.6 Å². The third-order valence-electron chi connectivity index (χ3n) is 8.16. The van der Waals surface area contributed by atoms with Crippen molar-refractivity contribution in [3.63, 3.8) is 0 Å². The lowest BCUT2D eigenvalue weighted by molar-refractivity contribution is -0.181. The molecule has 0 bridgehead atoms. The van der Waals surface area contributed by atoms with Gasteiger partial charge < -0.3 is 27.0 Å². The van der Waals surface area contributed by atoms with Crippen LogP contribution in [0.15, 0.2) is 0 Å². The number of nitrogens with one attached hydrogen (secondary N) is 1. The maximum absolute atomic E-state index is 15.7. The van der Waals surface area contributed by atoms with E-state index < -0.39 is 81.5 Å². The number of Topliss-reactive ketones (excluding diaryl/α,β-unsaturated/α-hetero) is 4. The molecule has 0 aliphatic heterocycles. The van der Waals surface area contributed by atoms with E-state index in [0.29, 0.717) is 6.54 Å². The summed E-state index contributed by atoms with van der Waals surface area (Å²) < 4.78 is 15.7. The Hall–Kier alpha value is -3.22. The van der Waals surface area contributed by atoms with Crippen LogP contribution >= 0.6 is 0 Å². The van der Waals surface area contributed by atoms with E-state index in [-0.39, 0.29) is 42.1 Å². The van der Waals surface area contributed by atoms with E-state index in [0.717, 1.165) is 0 Å². The van der Waals surface area contributed by atoms with E-state index in [9.17, 15) is 34.2 Å². The summed E-state index contributed by atoms with van der Waals surface area (Å²) in [6, 6.07) is -1.22. The molecule has 6 atom stereocenters. The van der Waals surface area contributed by atoms with Crippen LogP contribution in [-0.2, 0) is 32.1 Å². The molecule has 0 saturated heterocycles. The number of aromatic hydroxyl groups is 1. The molecule has 3 aliphatic carbocycles. The summed E-state index contributed by atoms with van der Waals surface area (Å²) in [5, 5.41) is 25.4. The number of aliphatic hydroxyl groups is 1. The Bertz CT molecular complexity index is 1260. The van der Waals surface area contributed by atoms with Crippen molar-refractivity contribution in [3.8, 4) is 5.75 Å². The smallest absolute Gasteiger partial charge is 0.235 e. The van der Waals surface area contributed by atoms with Crippen molar-refractivity contribution >= 4 is 34.7 Å². The number of hydrogen-bond acceptors (Lipinski definition) is 10. The Balaban J connectivity index is 1.82. The number of benzene rings is 1. The zero-order valence-electron chi connectivity index (χ0n) is 21.7. The van der Waals surface area contributed by atoms with Gasteiger partial charge >= 0.3 is 0 Å². The minimum Gasteiger partial charge on any atom is -0.505 e. The molecule has 2 saturated carbocycles. The summed E-state index contributed by atoms with van der Waals surface area (Å²) in [5.41, 5.74) is 7.54. The maximum Gasteiger partial charge on any atom is 0.235 e. The van der Waals surface area contributed by atoms with Gasteiger partial charge in [0.05, 0.1) is 23.2 Å². The molecule has 4 rings (SSSR count). The van der Waals surface area contributed by atoms with E-state index in [1.807, 2.05) is 13.8 Å². The van der Waals surface area contributed by atoms with Crippen LogP contribution in [0.4, 0.5) is 10.1 Å². The van der Waals surface area contributed by atoms with Gasteiger partial charge in [-0.3, -0.25) is 28.9 Å². The Morgan fingerprint density at radius 3 is 2.39 bits per heavy atom. The van der Waals surface area contributed by atoms with Gasteiger partial charge in [0.1, 0.15) is 11.6 Å². The lowest BCUT2D eigenvalue weighted by Gasteiger charge is -2.52. The number of hydrogen-bond donors (Lipinski definition) is 5. The van der Waals surface area contributed by atoms with Crippen LogP contribution in [0.3, 0.4) is 0 Å². The number of phenolic OH excluding ortho intramolecular Hbond substituents is 1. The molecular weight excluding hydrogens is 499 g/mol. The Morgan fingerprint density at radius 1 is 1.21 bits per heavy atom. The van der Waals surface area contributed by atoms with E-state index in [2.05, 4.69) is 5.32 Å². The molecular formula is C26H33FN4O7. The van der Waals surface area contributed by atoms with Crippen LogP contribution in [0.5, 0.6) is 5.75 Å². The maximum atomic E-state index is 15.7. The fraction of sp³-hybridized carbons (Fsp3) is 0.577. The third kappa shape index (κ3) is 3.85. The van der Waals surface area contributed by atoms with E-state index in [1.54, 1.807) is 0 Å². The largest absolute Gasteiger partial charge is 0.505 e. The molecule has 38 heavy (non-hydrogen) atoms. The number of amides is 1. The molecule has 3 aliphatic rings. The topological polar surface area (TPSA) is 193 Å². The normalized spacial score (nSPS) is 30.9. The Kier molecular flexibility index (Phi) is 6.96. The second kappa shape index (κ2) is 9.51. The van der Waals surface area contributed by atoms with Crippen molar-refractivity contribution in [2.45, 2.75) is 44.9 Å². The SMILES string of the molecule is CC(C)CNCc1c(N)c(O)c2c(c1F)CC1CC3C(N(C)C)C(=O)C(C(N)=O)C(=O)C3(O)C(=O)C1C2=O. The molecule has 0 aromatic heterocycles. The van der Waals surface area contributed by atoms with Gasteiger partial charge in [0.15, 0.2) is 34.7 Å². The van der Waals surface area contributed by atoms with Gasteiger partial charge in [0.2, 0.25) is 5.91 Å². The fourth-order valence-corrected chi connectivity index (χ4v) is 6.43. The van der Waals surface area contributed by atoms with Gasteiger partial charge in [-0.05, 0) is 45.3 Å². The zero-order chi connectivity index (χ0) is 28.4. The summed E-state index contributed by atoms with van der Waals surface area (Å²) in [5.74, 6) is -12.7.